The highest BCUT2D eigenvalue weighted by Gasteiger charge is 2.35. The summed E-state index contributed by atoms with van der Waals surface area (Å²) in [7, 11) is -3.65. The number of nitrogens with zero attached hydrogens (tertiary/aromatic N) is 2. The van der Waals surface area contributed by atoms with Gasteiger partial charge in [0.15, 0.2) is 0 Å². The van der Waals surface area contributed by atoms with E-state index in [-0.39, 0.29) is 10.9 Å². The van der Waals surface area contributed by atoms with Crippen molar-refractivity contribution in [3.05, 3.63) is 59.7 Å². The van der Waals surface area contributed by atoms with Crippen LogP contribution in [0.5, 0.6) is 0 Å². The highest BCUT2D eigenvalue weighted by atomic mass is 32.2. The van der Waals surface area contributed by atoms with Gasteiger partial charge in [0.2, 0.25) is 0 Å². The summed E-state index contributed by atoms with van der Waals surface area (Å²) in [4.78, 5) is 0.158. The second kappa shape index (κ2) is 4.90. The molecule has 1 atom stereocenters. The zero-order chi connectivity index (χ0) is 15.0. The number of hydrogen-bond donors (Lipinski definition) is 0. The van der Waals surface area contributed by atoms with E-state index in [4.69, 9.17) is 5.26 Å². The van der Waals surface area contributed by atoms with E-state index < -0.39 is 10.0 Å². The highest BCUT2D eigenvalue weighted by molar-refractivity contribution is 7.92. The molecule has 1 aliphatic rings. The summed E-state index contributed by atoms with van der Waals surface area (Å²) in [5, 5.41) is 8.94. The molecule has 106 valence electrons. The van der Waals surface area contributed by atoms with Crippen molar-refractivity contribution in [2.24, 2.45) is 0 Å². The molecule has 21 heavy (non-hydrogen) atoms. The Kier molecular flexibility index (Phi) is 3.19. The SMILES string of the molecule is CC1Cc2ccccc2N1S(=O)(=O)c1cccc(C#N)c1. The van der Waals surface area contributed by atoms with Crippen LogP contribution in [0.25, 0.3) is 0 Å². The van der Waals surface area contributed by atoms with E-state index in [9.17, 15) is 8.42 Å². The van der Waals surface area contributed by atoms with Gasteiger partial charge in [-0.2, -0.15) is 5.26 Å². The summed E-state index contributed by atoms with van der Waals surface area (Å²) in [5.41, 5.74) is 2.11. The van der Waals surface area contributed by atoms with Crippen LogP contribution in [0.2, 0.25) is 0 Å². The van der Waals surface area contributed by atoms with Crippen molar-refractivity contribution in [3.63, 3.8) is 0 Å². The third kappa shape index (κ3) is 2.18. The van der Waals surface area contributed by atoms with Crippen LogP contribution in [0.4, 0.5) is 5.69 Å². The lowest BCUT2D eigenvalue weighted by atomic mass is 10.1. The molecule has 0 aliphatic carbocycles. The molecule has 0 fully saturated rings. The lowest BCUT2D eigenvalue weighted by molar-refractivity contribution is 0.584. The average Bonchev–Trinajstić information content (AvgIpc) is 2.83. The van der Waals surface area contributed by atoms with E-state index in [1.807, 2.05) is 37.3 Å². The number of para-hydroxylation sites is 1. The first-order valence-electron chi connectivity index (χ1n) is 6.66. The molecule has 1 aliphatic heterocycles. The second-order valence-electron chi connectivity index (χ2n) is 5.12. The van der Waals surface area contributed by atoms with Crippen molar-refractivity contribution in [3.8, 4) is 6.07 Å². The first-order chi connectivity index (χ1) is 10.0. The van der Waals surface area contributed by atoms with Gasteiger partial charge in [-0.3, -0.25) is 4.31 Å². The molecular formula is C16H14N2O2S. The fourth-order valence-corrected chi connectivity index (χ4v) is 4.48. The Balaban J connectivity index is 2.13. The summed E-state index contributed by atoms with van der Waals surface area (Å²) in [5.74, 6) is 0. The summed E-state index contributed by atoms with van der Waals surface area (Å²) in [6, 6.07) is 15.5. The predicted octanol–water partition coefficient (Wildman–Crippen LogP) is 2.70. The predicted molar refractivity (Wildman–Crippen MR) is 80.4 cm³/mol. The third-order valence-corrected chi connectivity index (χ3v) is 5.59. The molecule has 2 aromatic rings. The van der Waals surface area contributed by atoms with Gasteiger partial charge in [-0.15, -0.1) is 0 Å². The number of sulfonamides is 1. The lowest BCUT2D eigenvalue weighted by Gasteiger charge is -2.24. The first-order valence-corrected chi connectivity index (χ1v) is 8.10. The maximum atomic E-state index is 12.9. The number of rotatable bonds is 2. The smallest absolute Gasteiger partial charge is 0.263 e. The van der Waals surface area contributed by atoms with Gasteiger partial charge in [0.05, 0.1) is 22.2 Å². The zero-order valence-electron chi connectivity index (χ0n) is 11.5. The van der Waals surface area contributed by atoms with Crippen molar-refractivity contribution in [2.75, 3.05) is 4.31 Å². The number of hydrogen-bond acceptors (Lipinski definition) is 3. The quantitative estimate of drug-likeness (QED) is 0.856. The Bertz CT molecular complexity index is 837. The molecule has 0 aromatic heterocycles. The van der Waals surface area contributed by atoms with Crippen LogP contribution >= 0.6 is 0 Å². The van der Waals surface area contributed by atoms with Crippen molar-refractivity contribution in [2.45, 2.75) is 24.3 Å². The largest absolute Gasteiger partial charge is 0.264 e. The van der Waals surface area contributed by atoms with Gasteiger partial charge in [0, 0.05) is 6.04 Å². The van der Waals surface area contributed by atoms with E-state index in [0.29, 0.717) is 12.0 Å². The minimum atomic E-state index is -3.65. The van der Waals surface area contributed by atoms with Gasteiger partial charge in [-0.05, 0) is 43.2 Å². The van der Waals surface area contributed by atoms with E-state index in [1.54, 1.807) is 12.1 Å². The van der Waals surface area contributed by atoms with Gasteiger partial charge >= 0.3 is 0 Å². The number of nitriles is 1. The minimum absolute atomic E-state index is 0.127. The molecular weight excluding hydrogens is 284 g/mol. The van der Waals surface area contributed by atoms with E-state index in [0.717, 1.165) is 11.3 Å². The molecule has 0 radical (unpaired) electrons. The Labute approximate surface area is 124 Å². The minimum Gasteiger partial charge on any atom is -0.263 e. The molecule has 1 heterocycles. The second-order valence-corrected chi connectivity index (χ2v) is 6.94. The van der Waals surface area contributed by atoms with Crippen molar-refractivity contribution >= 4 is 15.7 Å². The van der Waals surface area contributed by atoms with Gasteiger partial charge < -0.3 is 0 Å². The van der Waals surface area contributed by atoms with Crippen molar-refractivity contribution in [1.82, 2.24) is 0 Å². The fraction of sp³-hybridized carbons (Fsp3) is 0.188. The van der Waals surface area contributed by atoms with Crippen LogP contribution < -0.4 is 4.31 Å². The van der Waals surface area contributed by atoms with Gasteiger partial charge in [-0.1, -0.05) is 24.3 Å². The molecule has 0 saturated heterocycles. The number of anilines is 1. The molecule has 0 saturated carbocycles. The van der Waals surface area contributed by atoms with Crippen LogP contribution in [0.3, 0.4) is 0 Å². The van der Waals surface area contributed by atoms with Crippen molar-refractivity contribution < 1.29 is 8.42 Å². The zero-order valence-corrected chi connectivity index (χ0v) is 12.3. The molecule has 0 amide bonds. The van der Waals surface area contributed by atoms with Crippen LogP contribution in [-0.4, -0.2) is 14.5 Å². The average molecular weight is 298 g/mol. The van der Waals surface area contributed by atoms with E-state index >= 15 is 0 Å². The van der Waals surface area contributed by atoms with Crippen LogP contribution in [0.1, 0.15) is 18.1 Å². The maximum Gasteiger partial charge on any atom is 0.264 e. The summed E-state index contributed by atoms with van der Waals surface area (Å²) in [6.45, 7) is 1.89. The molecule has 5 heteroatoms. The molecule has 1 unspecified atom stereocenters. The van der Waals surface area contributed by atoms with Crippen molar-refractivity contribution in [1.29, 1.82) is 5.26 Å². The highest BCUT2D eigenvalue weighted by Crippen LogP contribution is 2.36. The first kappa shape index (κ1) is 13.7. The van der Waals surface area contributed by atoms with Crippen LogP contribution in [0, 0.1) is 11.3 Å². The van der Waals surface area contributed by atoms with Gasteiger partial charge in [-0.25, -0.2) is 8.42 Å². The molecule has 3 rings (SSSR count). The summed E-state index contributed by atoms with van der Waals surface area (Å²) >= 11 is 0. The molecule has 4 nitrogen and oxygen atoms in total. The molecule has 0 spiro atoms. The normalized spacial score (nSPS) is 17.3. The Hall–Kier alpha value is -2.32. The van der Waals surface area contributed by atoms with Crippen LogP contribution in [-0.2, 0) is 16.4 Å². The van der Waals surface area contributed by atoms with E-state index in [1.165, 1.54) is 16.4 Å². The monoisotopic (exact) mass is 298 g/mol. The van der Waals surface area contributed by atoms with Gasteiger partial charge in [0.1, 0.15) is 0 Å². The molecule has 0 bridgehead atoms. The molecule has 2 aromatic carbocycles. The third-order valence-electron chi connectivity index (χ3n) is 3.66. The summed E-state index contributed by atoms with van der Waals surface area (Å²) < 4.78 is 27.2. The maximum absolute atomic E-state index is 12.9. The standard InChI is InChI=1S/C16H14N2O2S/c1-12-9-14-6-2-3-8-16(14)18(12)21(19,20)15-7-4-5-13(10-15)11-17/h2-8,10,12H,9H2,1H3. The Morgan fingerprint density at radius 3 is 2.71 bits per heavy atom. The fourth-order valence-electron chi connectivity index (χ4n) is 2.74. The van der Waals surface area contributed by atoms with Crippen LogP contribution in [0.15, 0.2) is 53.4 Å². The summed E-state index contributed by atoms with van der Waals surface area (Å²) in [6.07, 6.45) is 0.702. The Morgan fingerprint density at radius 2 is 1.95 bits per heavy atom. The van der Waals surface area contributed by atoms with Gasteiger partial charge in [0.25, 0.3) is 10.0 Å². The number of benzene rings is 2. The van der Waals surface area contributed by atoms with E-state index in [2.05, 4.69) is 0 Å². The number of fused-ring (bicyclic) bond motifs is 1. The lowest BCUT2D eigenvalue weighted by Crippen LogP contribution is -2.35. The topological polar surface area (TPSA) is 61.2 Å². The molecule has 0 N–H and O–H groups in total. The Morgan fingerprint density at radius 1 is 1.19 bits per heavy atom.